The summed E-state index contributed by atoms with van der Waals surface area (Å²) in [5.74, 6) is -0.0697. The molecule has 2 aliphatic rings. The van der Waals surface area contributed by atoms with Crippen LogP contribution in [0.1, 0.15) is 71.2 Å². The number of nitrogens with zero attached hydrogens (tertiary/aromatic N) is 3. The van der Waals surface area contributed by atoms with Gasteiger partial charge in [-0.25, -0.2) is 4.79 Å². The molecule has 2 heterocycles. The van der Waals surface area contributed by atoms with Gasteiger partial charge in [0, 0.05) is 44.2 Å². The standard InChI is InChI=1S/C27H39ClN4O6/c1-7-23(33)29-12-14-31-21-15-19(10-11-22(21)38-27(5,6)25(31)35)24(34)32(17(2)3)20-9-8-13-30(16-20)26(36)37-18(4)28/h10-11,15,17-18,20H,7-9,12-14,16H2,1-6H3,(H,29,33)/t18?,20-/m1/s1. The number of carbonyl (C=O) groups is 4. The quantitative estimate of drug-likeness (QED) is 0.494. The average Bonchev–Trinajstić information content (AvgIpc) is 2.85. The predicted molar refractivity (Wildman–Crippen MR) is 144 cm³/mol. The van der Waals surface area contributed by atoms with Crippen molar-refractivity contribution in [3.05, 3.63) is 23.8 Å². The lowest BCUT2D eigenvalue weighted by molar-refractivity contribution is -0.132. The molecule has 1 aromatic rings. The van der Waals surface area contributed by atoms with Gasteiger partial charge in [-0.15, -0.1) is 0 Å². The Hall–Kier alpha value is -3.01. The maximum atomic E-state index is 13.9. The number of hydrogen-bond donors (Lipinski definition) is 1. The summed E-state index contributed by atoms with van der Waals surface area (Å²) < 4.78 is 11.1. The molecule has 0 radical (unpaired) electrons. The van der Waals surface area contributed by atoms with E-state index in [4.69, 9.17) is 21.1 Å². The monoisotopic (exact) mass is 550 g/mol. The molecule has 0 bridgehead atoms. The summed E-state index contributed by atoms with van der Waals surface area (Å²) in [4.78, 5) is 56.2. The van der Waals surface area contributed by atoms with Crippen molar-refractivity contribution in [1.29, 1.82) is 0 Å². The third-order valence-electron chi connectivity index (χ3n) is 6.70. The van der Waals surface area contributed by atoms with Crippen LogP contribution in [0, 0.1) is 0 Å². The van der Waals surface area contributed by atoms with Crippen LogP contribution in [0.2, 0.25) is 0 Å². The van der Waals surface area contributed by atoms with Gasteiger partial charge in [0.1, 0.15) is 5.75 Å². The Morgan fingerprint density at radius 1 is 1.26 bits per heavy atom. The molecular weight excluding hydrogens is 512 g/mol. The van der Waals surface area contributed by atoms with E-state index in [0.29, 0.717) is 36.5 Å². The largest absolute Gasteiger partial charge is 0.476 e. The second kappa shape index (κ2) is 12.2. The first-order chi connectivity index (χ1) is 17.9. The minimum absolute atomic E-state index is 0.104. The number of anilines is 1. The Labute approximate surface area is 229 Å². The Balaban J connectivity index is 1.87. The molecule has 1 aromatic carbocycles. The van der Waals surface area contributed by atoms with Gasteiger partial charge < -0.3 is 29.5 Å². The van der Waals surface area contributed by atoms with E-state index in [-0.39, 0.29) is 42.9 Å². The number of hydrogen-bond acceptors (Lipinski definition) is 6. The molecule has 2 aliphatic heterocycles. The SMILES string of the molecule is CCC(=O)NCCN1C(=O)C(C)(C)Oc2ccc(C(=O)N(C(C)C)[C@@H]3CCCN(C(=O)OC(C)Cl)C3)cc21. The van der Waals surface area contributed by atoms with Crippen LogP contribution in [0.5, 0.6) is 5.75 Å². The van der Waals surface area contributed by atoms with E-state index in [0.717, 1.165) is 12.8 Å². The molecule has 0 aliphatic carbocycles. The molecule has 10 nitrogen and oxygen atoms in total. The van der Waals surface area contributed by atoms with E-state index in [1.807, 2.05) is 13.8 Å². The molecule has 0 spiro atoms. The second-order valence-corrected chi connectivity index (χ2v) is 11.0. The Morgan fingerprint density at radius 2 is 1.97 bits per heavy atom. The number of piperidine rings is 1. The molecule has 3 rings (SSSR count). The number of likely N-dealkylation sites (tertiary alicyclic amines) is 1. The number of fused-ring (bicyclic) bond motifs is 1. The number of amides is 4. The van der Waals surface area contributed by atoms with Crippen molar-refractivity contribution in [3.63, 3.8) is 0 Å². The zero-order chi connectivity index (χ0) is 28.2. The molecule has 0 saturated carbocycles. The van der Waals surface area contributed by atoms with Crippen molar-refractivity contribution in [2.75, 3.05) is 31.1 Å². The van der Waals surface area contributed by atoms with Crippen molar-refractivity contribution in [3.8, 4) is 5.75 Å². The number of halogens is 1. The van der Waals surface area contributed by atoms with Gasteiger partial charge in [0.2, 0.25) is 5.91 Å². The van der Waals surface area contributed by atoms with Gasteiger partial charge in [0.05, 0.1) is 11.7 Å². The molecule has 1 saturated heterocycles. The van der Waals surface area contributed by atoms with Gasteiger partial charge in [0.15, 0.2) is 11.2 Å². The minimum Gasteiger partial charge on any atom is -0.476 e. The maximum Gasteiger partial charge on any atom is 0.411 e. The first kappa shape index (κ1) is 29.5. The zero-order valence-corrected chi connectivity index (χ0v) is 23.8. The number of nitrogens with one attached hydrogen (secondary N) is 1. The molecular formula is C27H39ClN4O6. The molecule has 38 heavy (non-hydrogen) atoms. The summed E-state index contributed by atoms with van der Waals surface area (Å²) in [6, 6.07) is 4.74. The fraction of sp³-hybridized carbons (Fsp3) is 0.630. The summed E-state index contributed by atoms with van der Waals surface area (Å²) in [5.41, 5.74) is -0.933. The average molecular weight is 551 g/mol. The highest BCUT2D eigenvalue weighted by Crippen LogP contribution is 2.38. The van der Waals surface area contributed by atoms with Crippen LogP contribution in [0.25, 0.3) is 0 Å². The molecule has 0 aromatic heterocycles. The van der Waals surface area contributed by atoms with E-state index in [1.165, 1.54) is 0 Å². The predicted octanol–water partition coefficient (Wildman–Crippen LogP) is 3.75. The summed E-state index contributed by atoms with van der Waals surface area (Å²) >= 11 is 5.83. The van der Waals surface area contributed by atoms with Gasteiger partial charge in [0.25, 0.3) is 11.8 Å². The van der Waals surface area contributed by atoms with Crippen LogP contribution in [-0.2, 0) is 14.3 Å². The first-order valence-electron chi connectivity index (χ1n) is 13.2. The molecule has 4 amide bonds. The number of rotatable bonds is 8. The van der Waals surface area contributed by atoms with E-state index in [1.54, 1.807) is 60.6 Å². The molecule has 1 unspecified atom stereocenters. The van der Waals surface area contributed by atoms with Crippen molar-refractivity contribution in [1.82, 2.24) is 15.1 Å². The fourth-order valence-corrected chi connectivity index (χ4v) is 4.96. The lowest BCUT2D eigenvalue weighted by Gasteiger charge is -2.41. The molecule has 1 N–H and O–H groups in total. The van der Waals surface area contributed by atoms with Crippen molar-refractivity contribution in [2.24, 2.45) is 0 Å². The summed E-state index contributed by atoms with van der Waals surface area (Å²) in [7, 11) is 0. The Kier molecular flexibility index (Phi) is 9.51. The molecule has 210 valence electrons. The maximum absolute atomic E-state index is 13.9. The highest BCUT2D eigenvalue weighted by Gasteiger charge is 2.41. The summed E-state index contributed by atoms with van der Waals surface area (Å²) in [6.07, 6.45) is 1.33. The van der Waals surface area contributed by atoms with Gasteiger partial charge in [-0.05, 0) is 65.7 Å². The van der Waals surface area contributed by atoms with E-state index >= 15 is 0 Å². The van der Waals surface area contributed by atoms with Crippen LogP contribution < -0.4 is 15.0 Å². The molecule has 2 atom stereocenters. The Bertz CT molecular complexity index is 1060. The number of ether oxygens (including phenoxy) is 2. The minimum atomic E-state index is -1.09. The van der Waals surface area contributed by atoms with Gasteiger partial charge in [-0.2, -0.15) is 0 Å². The normalized spacial score (nSPS) is 19.4. The van der Waals surface area contributed by atoms with Gasteiger partial charge >= 0.3 is 6.09 Å². The third kappa shape index (κ3) is 6.70. The first-order valence-corrected chi connectivity index (χ1v) is 13.6. The van der Waals surface area contributed by atoms with E-state index < -0.39 is 17.3 Å². The third-order valence-corrected chi connectivity index (χ3v) is 6.79. The van der Waals surface area contributed by atoms with Crippen molar-refractivity contribution >= 4 is 41.1 Å². The van der Waals surface area contributed by atoms with Crippen LogP contribution in [0.3, 0.4) is 0 Å². The zero-order valence-electron chi connectivity index (χ0n) is 23.1. The Morgan fingerprint density at radius 3 is 2.61 bits per heavy atom. The number of alkyl halides is 1. The topological polar surface area (TPSA) is 108 Å². The van der Waals surface area contributed by atoms with Crippen LogP contribution in [-0.4, -0.2) is 83.0 Å². The van der Waals surface area contributed by atoms with Gasteiger partial charge in [-0.3, -0.25) is 14.4 Å². The van der Waals surface area contributed by atoms with Crippen LogP contribution in [0.15, 0.2) is 18.2 Å². The van der Waals surface area contributed by atoms with Crippen LogP contribution in [0.4, 0.5) is 10.5 Å². The highest BCUT2D eigenvalue weighted by atomic mass is 35.5. The molecule has 1 fully saturated rings. The second-order valence-electron chi connectivity index (χ2n) is 10.4. The van der Waals surface area contributed by atoms with Crippen molar-refractivity contribution < 1.29 is 28.7 Å². The van der Waals surface area contributed by atoms with Crippen molar-refractivity contribution in [2.45, 2.75) is 84.1 Å². The van der Waals surface area contributed by atoms with Crippen LogP contribution >= 0.6 is 11.6 Å². The smallest absolute Gasteiger partial charge is 0.411 e. The van der Waals surface area contributed by atoms with E-state index in [2.05, 4.69) is 5.32 Å². The van der Waals surface area contributed by atoms with Gasteiger partial charge in [-0.1, -0.05) is 18.5 Å². The summed E-state index contributed by atoms with van der Waals surface area (Å²) in [6.45, 7) is 12.0. The molecule has 11 heteroatoms. The fourth-order valence-electron chi connectivity index (χ4n) is 4.89. The number of benzene rings is 1. The lowest BCUT2D eigenvalue weighted by Crippen LogP contribution is -2.55. The lowest BCUT2D eigenvalue weighted by atomic mass is 9.99. The summed E-state index contributed by atoms with van der Waals surface area (Å²) in [5, 5.41) is 2.80. The number of carbonyl (C=O) groups excluding carboxylic acids is 4. The highest BCUT2D eigenvalue weighted by molar-refractivity contribution is 6.19. The van der Waals surface area contributed by atoms with E-state index in [9.17, 15) is 19.2 Å².